The number of H-pyrrole nitrogens is 1. The van der Waals surface area contributed by atoms with Crippen LogP contribution < -0.4 is 5.56 Å². The van der Waals surface area contributed by atoms with E-state index in [9.17, 15) is 9.90 Å². The van der Waals surface area contributed by atoms with Crippen LogP contribution in [0.3, 0.4) is 0 Å². The average molecular weight is 344 g/mol. The lowest BCUT2D eigenvalue weighted by Crippen LogP contribution is -2.48. The van der Waals surface area contributed by atoms with E-state index >= 15 is 0 Å². The van der Waals surface area contributed by atoms with E-state index in [-0.39, 0.29) is 5.56 Å². The topological polar surface area (TPSA) is 62.8 Å². The Morgan fingerprint density at radius 3 is 2.72 bits per heavy atom. The third-order valence-electron chi connectivity index (χ3n) is 4.86. The maximum absolute atomic E-state index is 12.2. The van der Waals surface area contributed by atoms with Gasteiger partial charge in [0.25, 0.3) is 5.56 Å². The van der Waals surface area contributed by atoms with E-state index in [0.717, 1.165) is 42.6 Å². The second-order valence-corrected chi connectivity index (χ2v) is 7.17. The van der Waals surface area contributed by atoms with Gasteiger partial charge in [0.1, 0.15) is 0 Å². The monoisotopic (exact) mass is 344 g/mol. The number of likely N-dealkylation sites (N-methyl/N-ethyl adjacent to an activating group) is 2. The van der Waals surface area contributed by atoms with Gasteiger partial charge >= 0.3 is 0 Å². The first-order chi connectivity index (χ1) is 12.0. The molecular formula is C19H28N4O2. The molecule has 0 spiro atoms. The number of hydrogen-bond acceptors (Lipinski definition) is 5. The standard InChI is InChI=1S/C19H28N4O2/c1-21-7-9-23(10-8-21)14-17(24)13-22(2)12-16-11-15-5-3-4-6-18(15)20-19(16)25/h3-6,11,17,24H,7-10,12-14H2,1-2H3,(H,20,25). The van der Waals surface area contributed by atoms with Gasteiger partial charge in [0.15, 0.2) is 0 Å². The zero-order valence-corrected chi connectivity index (χ0v) is 15.1. The fourth-order valence-corrected chi connectivity index (χ4v) is 3.41. The van der Waals surface area contributed by atoms with Gasteiger partial charge in [-0.25, -0.2) is 0 Å². The van der Waals surface area contributed by atoms with Crippen LogP contribution in [0.2, 0.25) is 0 Å². The number of aliphatic hydroxyl groups excluding tert-OH is 1. The number of aromatic nitrogens is 1. The summed E-state index contributed by atoms with van der Waals surface area (Å²) >= 11 is 0. The summed E-state index contributed by atoms with van der Waals surface area (Å²) in [5.41, 5.74) is 1.53. The highest BCUT2D eigenvalue weighted by molar-refractivity contribution is 5.78. The molecule has 0 bridgehead atoms. The summed E-state index contributed by atoms with van der Waals surface area (Å²) in [6.07, 6.45) is -0.409. The molecule has 0 saturated carbocycles. The van der Waals surface area contributed by atoms with Crippen LogP contribution >= 0.6 is 0 Å². The quantitative estimate of drug-likeness (QED) is 0.802. The van der Waals surface area contributed by atoms with E-state index in [1.54, 1.807) is 0 Å². The molecule has 136 valence electrons. The number of pyridine rings is 1. The van der Waals surface area contributed by atoms with Crippen molar-refractivity contribution in [3.63, 3.8) is 0 Å². The number of para-hydroxylation sites is 1. The molecule has 1 aliphatic heterocycles. The predicted molar refractivity (Wildman–Crippen MR) is 101 cm³/mol. The number of nitrogens with one attached hydrogen (secondary N) is 1. The zero-order chi connectivity index (χ0) is 17.8. The van der Waals surface area contributed by atoms with E-state index in [2.05, 4.69) is 21.8 Å². The van der Waals surface area contributed by atoms with Crippen LogP contribution in [0.4, 0.5) is 0 Å². The molecule has 1 saturated heterocycles. The second-order valence-electron chi connectivity index (χ2n) is 7.17. The van der Waals surface area contributed by atoms with Crippen molar-refractivity contribution in [2.45, 2.75) is 12.6 Å². The van der Waals surface area contributed by atoms with Crippen LogP contribution in [0.25, 0.3) is 10.9 Å². The minimum atomic E-state index is -0.409. The van der Waals surface area contributed by atoms with Gasteiger partial charge in [-0.05, 0) is 31.6 Å². The number of aliphatic hydroxyl groups is 1. The Morgan fingerprint density at radius 1 is 1.24 bits per heavy atom. The van der Waals surface area contributed by atoms with Crippen molar-refractivity contribution >= 4 is 10.9 Å². The summed E-state index contributed by atoms with van der Waals surface area (Å²) in [6, 6.07) is 9.73. The van der Waals surface area contributed by atoms with Crippen LogP contribution in [-0.2, 0) is 6.54 Å². The van der Waals surface area contributed by atoms with Crippen molar-refractivity contribution < 1.29 is 5.11 Å². The molecule has 2 N–H and O–H groups in total. The summed E-state index contributed by atoms with van der Waals surface area (Å²) in [6.45, 7) is 5.87. The number of benzene rings is 1. The molecule has 2 aromatic rings. The predicted octanol–water partition coefficient (Wildman–Crippen LogP) is 0.568. The van der Waals surface area contributed by atoms with Gasteiger partial charge in [-0.1, -0.05) is 18.2 Å². The lowest BCUT2D eigenvalue weighted by Gasteiger charge is -2.34. The van der Waals surface area contributed by atoms with Gasteiger partial charge in [-0.2, -0.15) is 0 Å². The second kappa shape index (κ2) is 8.10. The van der Waals surface area contributed by atoms with E-state index in [4.69, 9.17) is 0 Å². The largest absolute Gasteiger partial charge is 0.390 e. The normalized spacial score (nSPS) is 18.1. The van der Waals surface area contributed by atoms with Gasteiger partial charge < -0.3 is 15.0 Å². The number of nitrogens with zero attached hydrogens (tertiary/aromatic N) is 3. The molecule has 6 nitrogen and oxygen atoms in total. The third-order valence-corrected chi connectivity index (χ3v) is 4.86. The van der Waals surface area contributed by atoms with Crippen molar-refractivity contribution in [3.05, 3.63) is 46.2 Å². The fraction of sp³-hybridized carbons (Fsp3) is 0.526. The van der Waals surface area contributed by atoms with Crippen molar-refractivity contribution in [2.24, 2.45) is 0 Å². The molecule has 1 aliphatic rings. The molecular weight excluding hydrogens is 316 g/mol. The Labute approximate surface area is 148 Å². The lowest BCUT2D eigenvalue weighted by atomic mass is 10.1. The molecule has 0 amide bonds. The summed E-state index contributed by atoms with van der Waals surface area (Å²) in [5, 5.41) is 11.4. The highest BCUT2D eigenvalue weighted by Crippen LogP contribution is 2.11. The summed E-state index contributed by atoms with van der Waals surface area (Å²) in [7, 11) is 4.07. The summed E-state index contributed by atoms with van der Waals surface area (Å²) < 4.78 is 0. The molecule has 1 aromatic heterocycles. The van der Waals surface area contributed by atoms with E-state index < -0.39 is 6.10 Å². The van der Waals surface area contributed by atoms with Crippen LogP contribution in [-0.4, -0.2) is 84.3 Å². The molecule has 1 unspecified atom stereocenters. The van der Waals surface area contributed by atoms with Crippen LogP contribution in [0.15, 0.2) is 35.1 Å². The summed E-state index contributed by atoms with van der Waals surface area (Å²) in [5.74, 6) is 0. The highest BCUT2D eigenvalue weighted by Gasteiger charge is 2.18. The van der Waals surface area contributed by atoms with E-state index in [0.29, 0.717) is 19.6 Å². The minimum Gasteiger partial charge on any atom is -0.390 e. The molecule has 0 aliphatic carbocycles. The first kappa shape index (κ1) is 18.1. The van der Waals surface area contributed by atoms with Gasteiger partial charge in [-0.15, -0.1) is 0 Å². The molecule has 25 heavy (non-hydrogen) atoms. The van der Waals surface area contributed by atoms with Gasteiger partial charge in [0.05, 0.1) is 6.10 Å². The maximum atomic E-state index is 12.2. The highest BCUT2D eigenvalue weighted by atomic mass is 16.3. The molecule has 6 heteroatoms. The minimum absolute atomic E-state index is 0.0564. The molecule has 1 atom stereocenters. The Hall–Kier alpha value is -1.73. The van der Waals surface area contributed by atoms with Crippen molar-refractivity contribution in [2.75, 3.05) is 53.4 Å². The van der Waals surface area contributed by atoms with Crippen LogP contribution in [0.1, 0.15) is 5.56 Å². The number of rotatable bonds is 6. The van der Waals surface area contributed by atoms with Gasteiger partial charge in [-0.3, -0.25) is 14.6 Å². The van der Waals surface area contributed by atoms with Gasteiger partial charge in [0, 0.05) is 56.9 Å². The number of aromatic amines is 1. The Morgan fingerprint density at radius 2 is 1.96 bits per heavy atom. The third kappa shape index (κ3) is 4.89. The molecule has 0 radical (unpaired) electrons. The van der Waals surface area contributed by atoms with Crippen molar-refractivity contribution in [3.8, 4) is 0 Å². The molecule has 3 rings (SSSR count). The smallest absolute Gasteiger partial charge is 0.252 e. The molecule has 1 aromatic carbocycles. The van der Waals surface area contributed by atoms with E-state index in [1.165, 1.54) is 0 Å². The summed E-state index contributed by atoms with van der Waals surface area (Å²) in [4.78, 5) is 21.8. The maximum Gasteiger partial charge on any atom is 0.252 e. The average Bonchev–Trinajstić information content (AvgIpc) is 2.57. The van der Waals surface area contributed by atoms with Crippen LogP contribution in [0, 0.1) is 0 Å². The molecule has 1 fully saturated rings. The van der Waals surface area contributed by atoms with Crippen molar-refractivity contribution in [1.82, 2.24) is 19.7 Å². The number of β-amino-alcohol motifs (C(OH)–C–C–N with tert-alkyl or cyclic N) is 1. The first-order valence-electron chi connectivity index (χ1n) is 8.90. The number of fused-ring (bicyclic) bond motifs is 1. The zero-order valence-electron chi connectivity index (χ0n) is 15.1. The lowest BCUT2D eigenvalue weighted by molar-refractivity contribution is 0.0593. The Kier molecular flexibility index (Phi) is 5.86. The SMILES string of the molecule is CN1CCN(CC(O)CN(C)Cc2cc3ccccc3[nH]c2=O)CC1. The number of hydrogen-bond donors (Lipinski definition) is 2. The van der Waals surface area contributed by atoms with Crippen LogP contribution in [0.5, 0.6) is 0 Å². The Bertz CT molecular complexity index is 752. The van der Waals surface area contributed by atoms with E-state index in [1.807, 2.05) is 42.3 Å². The number of piperazine rings is 1. The van der Waals surface area contributed by atoms with Crippen molar-refractivity contribution in [1.29, 1.82) is 0 Å². The Balaban J connectivity index is 1.56. The molecule has 2 heterocycles. The van der Waals surface area contributed by atoms with Gasteiger partial charge in [0.2, 0.25) is 0 Å². The first-order valence-corrected chi connectivity index (χ1v) is 8.90. The fourth-order valence-electron chi connectivity index (χ4n) is 3.41.